The number of halogens is 1. The molecule has 4 heterocycles. The van der Waals surface area contributed by atoms with Gasteiger partial charge in [-0.05, 0) is 44.0 Å². The number of hydrogen-bond acceptors (Lipinski definition) is 4. The highest BCUT2D eigenvalue weighted by molar-refractivity contribution is 6.30. The third-order valence-electron chi connectivity index (χ3n) is 4.03. The standard InChI is InChI=1S/C13H16ClN3O2/c14-12-11(18)2-1-9(15-12)13(19)16-10-7-17-5-3-8(10)4-6-17/h1-2,8,10,18H,3-7H2,(H,16,19). The van der Waals surface area contributed by atoms with Crippen LogP contribution < -0.4 is 5.32 Å². The van der Waals surface area contributed by atoms with Crippen molar-refractivity contribution in [1.82, 2.24) is 15.2 Å². The molecule has 1 aromatic heterocycles. The summed E-state index contributed by atoms with van der Waals surface area (Å²) in [7, 11) is 0. The third kappa shape index (κ3) is 2.53. The summed E-state index contributed by atoms with van der Waals surface area (Å²) in [4.78, 5) is 18.4. The number of rotatable bonds is 2. The van der Waals surface area contributed by atoms with Gasteiger partial charge in [-0.3, -0.25) is 4.79 Å². The predicted molar refractivity (Wildman–Crippen MR) is 71.3 cm³/mol. The molecule has 0 saturated carbocycles. The number of hydrogen-bond donors (Lipinski definition) is 2. The van der Waals surface area contributed by atoms with Gasteiger partial charge in [-0.25, -0.2) is 4.98 Å². The van der Waals surface area contributed by atoms with Gasteiger partial charge < -0.3 is 15.3 Å². The summed E-state index contributed by atoms with van der Waals surface area (Å²) in [6.07, 6.45) is 2.30. The van der Waals surface area contributed by atoms with Gasteiger partial charge in [0.15, 0.2) is 10.9 Å². The number of aromatic hydroxyl groups is 1. The van der Waals surface area contributed by atoms with E-state index in [1.165, 1.54) is 12.1 Å². The van der Waals surface area contributed by atoms with Crippen LogP contribution in [0.5, 0.6) is 5.75 Å². The first kappa shape index (κ1) is 12.7. The summed E-state index contributed by atoms with van der Waals surface area (Å²) in [6, 6.07) is 3.07. The molecule has 3 aliphatic heterocycles. The lowest BCUT2D eigenvalue weighted by atomic mass is 9.84. The Morgan fingerprint density at radius 1 is 1.42 bits per heavy atom. The summed E-state index contributed by atoms with van der Waals surface area (Å²) in [5, 5.41) is 12.3. The van der Waals surface area contributed by atoms with Crippen LogP contribution in [-0.2, 0) is 0 Å². The second-order valence-corrected chi connectivity index (χ2v) is 5.58. The largest absolute Gasteiger partial charge is 0.505 e. The molecule has 19 heavy (non-hydrogen) atoms. The van der Waals surface area contributed by atoms with Crippen molar-refractivity contribution in [2.75, 3.05) is 19.6 Å². The van der Waals surface area contributed by atoms with Crippen LogP contribution in [-0.4, -0.2) is 46.6 Å². The van der Waals surface area contributed by atoms with E-state index in [4.69, 9.17) is 11.6 Å². The first-order valence-corrected chi connectivity index (χ1v) is 6.90. The van der Waals surface area contributed by atoms with Gasteiger partial charge in [-0.2, -0.15) is 0 Å². The SMILES string of the molecule is O=C(NC1CN2CCC1CC2)c1ccc(O)c(Cl)n1. The maximum Gasteiger partial charge on any atom is 0.270 e. The van der Waals surface area contributed by atoms with Crippen molar-refractivity contribution in [2.45, 2.75) is 18.9 Å². The van der Waals surface area contributed by atoms with Gasteiger partial charge in [-0.15, -0.1) is 0 Å². The van der Waals surface area contributed by atoms with Crippen molar-refractivity contribution in [3.05, 3.63) is 23.0 Å². The van der Waals surface area contributed by atoms with E-state index in [1.807, 2.05) is 0 Å². The Kier molecular flexibility index (Phi) is 3.33. The molecule has 102 valence electrons. The van der Waals surface area contributed by atoms with Crippen LogP contribution in [0.3, 0.4) is 0 Å². The smallest absolute Gasteiger partial charge is 0.270 e. The number of pyridine rings is 1. The van der Waals surface area contributed by atoms with E-state index in [9.17, 15) is 9.90 Å². The maximum atomic E-state index is 12.1. The van der Waals surface area contributed by atoms with E-state index in [2.05, 4.69) is 15.2 Å². The van der Waals surface area contributed by atoms with Gasteiger partial charge in [0.05, 0.1) is 0 Å². The van der Waals surface area contributed by atoms with Crippen molar-refractivity contribution >= 4 is 17.5 Å². The van der Waals surface area contributed by atoms with Gasteiger partial charge >= 0.3 is 0 Å². The van der Waals surface area contributed by atoms with Crippen LogP contribution in [0.25, 0.3) is 0 Å². The zero-order valence-electron chi connectivity index (χ0n) is 10.5. The Balaban J connectivity index is 1.69. The highest BCUT2D eigenvalue weighted by Gasteiger charge is 2.35. The van der Waals surface area contributed by atoms with Gasteiger partial charge in [-0.1, -0.05) is 11.6 Å². The van der Waals surface area contributed by atoms with Crippen molar-refractivity contribution in [1.29, 1.82) is 0 Å². The zero-order chi connectivity index (χ0) is 13.4. The lowest BCUT2D eigenvalue weighted by Gasteiger charge is -2.44. The lowest BCUT2D eigenvalue weighted by Crippen LogP contribution is -2.57. The van der Waals surface area contributed by atoms with E-state index in [0.717, 1.165) is 32.5 Å². The summed E-state index contributed by atoms with van der Waals surface area (Å²) >= 11 is 5.71. The third-order valence-corrected chi connectivity index (χ3v) is 4.31. The van der Waals surface area contributed by atoms with Gasteiger partial charge in [0.25, 0.3) is 5.91 Å². The van der Waals surface area contributed by atoms with Crippen molar-refractivity contribution in [2.24, 2.45) is 5.92 Å². The highest BCUT2D eigenvalue weighted by Crippen LogP contribution is 2.27. The topological polar surface area (TPSA) is 65.5 Å². The minimum Gasteiger partial charge on any atom is -0.505 e. The average Bonchev–Trinajstić information content (AvgIpc) is 2.43. The number of piperidine rings is 3. The fraction of sp³-hybridized carbons (Fsp3) is 0.538. The van der Waals surface area contributed by atoms with E-state index in [0.29, 0.717) is 5.92 Å². The molecule has 1 atom stereocenters. The average molecular weight is 282 g/mol. The number of carbonyl (C=O) groups is 1. The second kappa shape index (κ2) is 4.98. The first-order valence-electron chi connectivity index (χ1n) is 6.52. The number of amides is 1. The van der Waals surface area contributed by atoms with Crippen LogP contribution in [0.4, 0.5) is 0 Å². The van der Waals surface area contributed by atoms with E-state index in [-0.39, 0.29) is 28.5 Å². The minimum atomic E-state index is -0.222. The number of nitrogens with zero attached hydrogens (tertiary/aromatic N) is 2. The van der Waals surface area contributed by atoms with Gasteiger partial charge in [0.1, 0.15) is 5.69 Å². The zero-order valence-corrected chi connectivity index (χ0v) is 11.2. The minimum absolute atomic E-state index is 0.0402. The number of fused-ring (bicyclic) bond motifs is 3. The molecule has 0 spiro atoms. The first-order chi connectivity index (χ1) is 9.13. The molecule has 3 fully saturated rings. The number of nitrogens with one attached hydrogen (secondary N) is 1. The van der Waals surface area contributed by atoms with Crippen LogP contribution in [0, 0.1) is 5.92 Å². The Morgan fingerprint density at radius 3 is 2.74 bits per heavy atom. The summed E-state index contributed by atoms with van der Waals surface area (Å²) < 4.78 is 0. The summed E-state index contributed by atoms with van der Waals surface area (Å²) in [5.74, 6) is 0.239. The van der Waals surface area contributed by atoms with Crippen LogP contribution in [0.15, 0.2) is 12.1 Å². The number of aromatic nitrogens is 1. The fourth-order valence-electron chi connectivity index (χ4n) is 2.92. The Morgan fingerprint density at radius 2 is 2.16 bits per heavy atom. The molecule has 4 rings (SSSR count). The second-order valence-electron chi connectivity index (χ2n) is 5.22. The van der Waals surface area contributed by atoms with E-state index in [1.54, 1.807) is 0 Å². The monoisotopic (exact) mass is 281 g/mol. The van der Waals surface area contributed by atoms with E-state index >= 15 is 0 Å². The molecule has 0 radical (unpaired) electrons. The predicted octanol–water partition coefficient (Wildman–Crippen LogP) is 1.26. The quantitative estimate of drug-likeness (QED) is 0.801. The Labute approximate surface area is 116 Å². The van der Waals surface area contributed by atoms with Crippen LogP contribution in [0.1, 0.15) is 23.3 Å². The molecular formula is C13H16ClN3O2. The maximum absolute atomic E-state index is 12.1. The normalized spacial score (nSPS) is 29.2. The molecule has 2 N–H and O–H groups in total. The van der Waals surface area contributed by atoms with Gasteiger partial charge in [0.2, 0.25) is 0 Å². The molecule has 1 unspecified atom stereocenters. The van der Waals surface area contributed by atoms with Crippen molar-refractivity contribution in [3.8, 4) is 5.75 Å². The Hall–Kier alpha value is -1.33. The molecule has 0 aliphatic carbocycles. The van der Waals surface area contributed by atoms with Crippen molar-refractivity contribution in [3.63, 3.8) is 0 Å². The molecule has 6 heteroatoms. The Bertz CT molecular complexity index is 501. The molecule has 1 aromatic rings. The number of carbonyl (C=O) groups excluding carboxylic acids is 1. The molecule has 3 aliphatic rings. The highest BCUT2D eigenvalue weighted by atomic mass is 35.5. The fourth-order valence-corrected chi connectivity index (χ4v) is 3.08. The molecule has 2 bridgehead atoms. The molecule has 0 aromatic carbocycles. The molecule has 3 saturated heterocycles. The molecule has 1 amide bonds. The van der Waals surface area contributed by atoms with Crippen molar-refractivity contribution < 1.29 is 9.90 Å². The summed E-state index contributed by atoms with van der Waals surface area (Å²) in [5.41, 5.74) is 0.249. The van der Waals surface area contributed by atoms with E-state index < -0.39 is 0 Å². The molecular weight excluding hydrogens is 266 g/mol. The van der Waals surface area contributed by atoms with Crippen LogP contribution >= 0.6 is 11.6 Å². The molecule has 5 nitrogen and oxygen atoms in total. The van der Waals surface area contributed by atoms with Crippen LogP contribution in [0.2, 0.25) is 5.15 Å². The van der Waals surface area contributed by atoms with Gasteiger partial charge in [0, 0.05) is 12.6 Å². The lowest BCUT2D eigenvalue weighted by molar-refractivity contribution is 0.0618. The summed E-state index contributed by atoms with van der Waals surface area (Å²) in [6.45, 7) is 3.20.